The molecule has 1 atom stereocenters. The van der Waals surface area contributed by atoms with Gasteiger partial charge in [-0.05, 0) is 77.7 Å². The van der Waals surface area contributed by atoms with E-state index in [1.54, 1.807) is 48.9 Å². The molecule has 1 N–H and O–H groups in total. The highest BCUT2D eigenvalue weighted by Gasteiger charge is 2.32. The lowest BCUT2D eigenvalue weighted by molar-refractivity contribution is 0.264. The van der Waals surface area contributed by atoms with E-state index in [9.17, 15) is 9.46 Å². The molecule has 0 aliphatic carbocycles. The molecule has 5 nitrogen and oxygen atoms in total. The van der Waals surface area contributed by atoms with Gasteiger partial charge in [0.1, 0.15) is 17.3 Å². The van der Waals surface area contributed by atoms with Crippen molar-refractivity contribution in [2.45, 2.75) is 32.9 Å². The van der Waals surface area contributed by atoms with Gasteiger partial charge in [-0.2, -0.15) is 0 Å². The number of hydrogen-bond donors (Lipinski definition) is 1. The van der Waals surface area contributed by atoms with Crippen LogP contribution >= 0.6 is 31.3 Å². The summed E-state index contributed by atoms with van der Waals surface area (Å²) in [6.45, 7) is 2.10. The van der Waals surface area contributed by atoms with E-state index in [1.807, 2.05) is 72.8 Å². The molecule has 2 aliphatic rings. The highest BCUT2D eigenvalue weighted by molar-refractivity contribution is 7.99. The Kier molecular flexibility index (Phi) is 7.08. The van der Waals surface area contributed by atoms with Crippen LogP contribution in [0.1, 0.15) is 34.7 Å². The van der Waals surface area contributed by atoms with Gasteiger partial charge in [-0.1, -0.05) is 72.9 Å². The molecular weight excluding hydrogens is 547 g/mol. The van der Waals surface area contributed by atoms with Crippen LogP contribution in [-0.4, -0.2) is 12.0 Å². The molecule has 0 bridgehead atoms. The Labute approximate surface area is 236 Å². The van der Waals surface area contributed by atoms with Crippen LogP contribution < -0.4 is 4.74 Å². The number of phosphoric acid groups is 1. The number of fused-ring (bicyclic) bond motifs is 4. The minimum Gasteiger partial charge on any atom is -0.497 e. The Morgan fingerprint density at radius 2 is 1.26 bits per heavy atom. The molecule has 2 aliphatic heterocycles. The fraction of sp³-hybridized carbons (Fsp3) is 0.0968. The van der Waals surface area contributed by atoms with E-state index in [1.165, 1.54) is 5.56 Å². The Bertz CT molecular complexity index is 1570. The van der Waals surface area contributed by atoms with Crippen molar-refractivity contribution in [1.82, 2.24) is 0 Å². The SMILES string of the molecule is CCc1ccc2c(c1)Sc1ccccc1C=C2OP(=O)(O)OC1=Cc2ccccc2Sc2cc(OC)ccc21. The van der Waals surface area contributed by atoms with E-state index in [-0.39, 0.29) is 11.5 Å². The van der Waals surface area contributed by atoms with Crippen LogP contribution in [0.3, 0.4) is 0 Å². The fourth-order valence-corrected chi connectivity index (χ4v) is 7.51. The Balaban J connectivity index is 1.40. The van der Waals surface area contributed by atoms with E-state index < -0.39 is 7.82 Å². The molecule has 0 amide bonds. The number of benzene rings is 4. The molecule has 6 rings (SSSR count). The molecule has 4 aromatic carbocycles. The summed E-state index contributed by atoms with van der Waals surface area (Å²) in [6, 6.07) is 27.3. The summed E-state index contributed by atoms with van der Waals surface area (Å²) in [5, 5.41) is 0. The van der Waals surface area contributed by atoms with Crippen molar-refractivity contribution in [3.8, 4) is 5.75 Å². The number of ether oxygens (including phenoxy) is 1. The maximum atomic E-state index is 13.7. The molecule has 8 heteroatoms. The largest absolute Gasteiger partial charge is 0.584 e. The second-order valence-electron chi connectivity index (χ2n) is 8.99. The summed E-state index contributed by atoms with van der Waals surface area (Å²) < 4.78 is 30.8. The Morgan fingerprint density at radius 1 is 0.718 bits per heavy atom. The van der Waals surface area contributed by atoms with Gasteiger partial charge in [-0.15, -0.1) is 0 Å². The van der Waals surface area contributed by atoms with Crippen LogP contribution in [0, 0.1) is 0 Å². The summed E-state index contributed by atoms with van der Waals surface area (Å²) in [5.41, 5.74) is 4.38. The molecule has 0 saturated carbocycles. The van der Waals surface area contributed by atoms with E-state index in [4.69, 9.17) is 13.8 Å². The molecular formula is C31H25O5PS2. The van der Waals surface area contributed by atoms with Crippen LogP contribution in [0.25, 0.3) is 23.7 Å². The molecule has 4 aromatic rings. The van der Waals surface area contributed by atoms with Gasteiger partial charge in [-0.25, -0.2) is 4.57 Å². The van der Waals surface area contributed by atoms with Crippen molar-refractivity contribution >= 4 is 55.0 Å². The second-order valence-corrected chi connectivity index (χ2v) is 12.5. The lowest BCUT2D eigenvalue weighted by Crippen LogP contribution is -1.98. The first kappa shape index (κ1) is 25.9. The molecule has 0 saturated heterocycles. The van der Waals surface area contributed by atoms with Crippen molar-refractivity contribution in [3.05, 3.63) is 113 Å². The summed E-state index contributed by atoms with van der Waals surface area (Å²) in [6.07, 6.45) is 4.47. The van der Waals surface area contributed by atoms with Crippen LogP contribution in [0.4, 0.5) is 0 Å². The van der Waals surface area contributed by atoms with Crippen LogP contribution in [0.2, 0.25) is 0 Å². The number of hydrogen-bond acceptors (Lipinski definition) is 6. The Morgan fingerprint density at radius 3 is 1.82 bits per heavy atom. The normalized spacial score (nSPS) is 15.1. The van der Waals surface area contributed by atoms with Gasteiger partial charge < -0.3 is 13.8 Å². The predicted molar refractivity (Wildman–Crippen MR) is 158 cm³/mol. The summed E-state index contributed by atoms with van der Waals surface area (Å²) in [5.74, 6) is 1.22. The lowest BCUT2D eigenvalue weighted by atomic mass is 10.1. The lowest BCUT2D eigenvalue weighted by Gasteiger charge is -2.19. The van der Waals surface area contributed by atoms with Crippen molar-refractivity contribution in [1.29, 1.82) is 0 Å². The highest BCUT2D eigenvalue weighted by atomic mass is 32.2. The number of phosphoric ester groups is 1. The average Bonchev–Trinajstić information content (AvgIpc) is 3.18. The van der Waals surface area contributed by atoms with Crippen LogP contribution in [-0.2, 0) is 20.0 Å². The number of rotatable bonds is 6. The zero-order valence-corrected chi connectivity index (χ0v) is 23.8. The molecule has 196 valence electrons. The van der Waals surface area contributed by atoms with Crippen molar-refractivity contribution in [2.24, 2.45) is 0 Å². The molecule has 2 heterocycles. The van der Waals surface area contributed by atoms with Gasteiger partial charge in [0.05, 0.1) is 7.11 Å². The maximum Gasteiger partial charge on any atom is 0.584 e. The minimum absolute atomic E-state index is 0.251. The van der Waals surface area contributed by atoms with E-state index in [0.717, 1.165) is 42.7 Å². The van der Waals surface area contributed by atoms with Crippen molar-refractivity contribution < 1.29 is 23.2 Å². The Hall–Kier alpha value is -3.35. The van der Waals surface area contributed by atoms with Gasteiger partial charge >= 0.3 is 7.82 Å². The first-order valence-electron chi connectivity index (χ1n) is 12.4. The molecule has 39 heavy (non-hydrogen) atoms. The summed E-state index contributed by atoms with van der Waals surface area (Å²) >= 11 is 3.17. The van der Waals surface area contributed by atoms with Crippen LogP contribution in [0.5, 0.6) is 5.75 Å². The van der Waals surface area contributed by atoms with Crippen molar-refractivity contribution in [3.63, 3.8) is 0 Å². The number of methoxy groups -OCH3 is 1. The maximum absolute atomic E-state index is 13.7. The third-order valence-electron chi connectivity index (χ3n) is 6.45. The zero-order valence-electron chi connectivity index (χ0n) is 21.3. The standard InChI is InChI=1S/C31H25O5PS2/c1-3-20-12-14-24-26(17-21-8-4-6-10-28(21)38-30(24)16-20)35-37(32,33)36-27-18-22-9-5-7-11-29(22)39-31-19-23(34-2)13-15-25(27)31/h4-19H,3H2,1-2H3,(H,32,33). The van der Waals surface area contributed by atoms with Crippen molar-refractivity contribution in [2.75, 3.05) is 7.11 Å². The predicted octanol–water partition coefficient (Wildman–Crippen LogP) is 9.02. The second kappa shape index (κ2) is 10.7. The smallest absolute Gasteiger partial charge is 0.497 e. The van der Waals surface area contributed by atoms with E-state index in [0.29, 0.717) is 11.3 Å². The number of aryl methyl sites for hydroxylation is 1. The average molecular weight is 573 g/mol. The van der Waals surface area contributed by atoms with Gasteiger partial charge in [-0.3, -0.25) is 4.89 Å². The van der Waals surface area contributed by atoms with Gasteiger partial charge in [0.25, 0.3) is 0 Å². The quantitative estimate of drug-likeness (QED) is 0.231. The van der Waals surface area contributed by atoms with Gasteiger partial charge in [0.2, 0.25) is 0 Å². The topological polar surface area (TPSA) is 65.0 Å². The van der Waals surface area contributed by atoms with Gasteiger partial charge in [0, 0.05) is 30.7 Å². The first-order valence-corrected chi connectivity index (χ1v) is 15.6. The molecule has 0 radical (unpaired) electrons. The van der Waals surface area contributed by atoms with Crippen LogP contribution in [0.15, 0.2) is 105 Å². The highest BCUT2D eigenvalue weighted by Crippen LogP contribution is 2.55. The fourth-order valence-electron chi connectivity index (χ4n) is 4.47. The van der Waals surface area contributed by atoms with E-state index >= 15 is 0 Å². The first-order chi connectivity index (χ1) is 18.9. The monoisotopic (exact) mass is 572 g/mol. The third-order valence-corrected chi connectivity index (χ3v) is 9.61. The molecule has 1 unspecified atom stereocenters. The summed E-state index contributed by atoms with van der Waals surface area (Å²) in [7, 11) is -3.02. The van der Waals surface area contributed by atoms with E-state index in [2.05, 4.69) is 13.0 Å². The van der Waals surface area contributed by atoms with Gasteiger partial charge in [0.15, 0.2) is 0 Å². The molecule has 0 aromatic heterocycles. The third kappa shape index (κ3) is 5.41. The zero-order chi connectivity index (χ0) is 27.0. The molecule has 0 fully saturated rings. The summed E-state index contributed by atoms with van der Waals surface area (Å²) in [4.78, 5) is 15.0. The minimum atomic E-state index is -4.63. The molecule has 0 spiro atoms.